The highest BCUT2D eigenvalue weighted by atomic mass is 35.5. The summed E-state index contributed by atoms with van der Waals surface area (Å²) in [5, 5.41) is 0. The molecule has 0 aliphatic rings. The van der Waals surface area contributed by atoms with Crippen molar-refractivity contribution < 1.29 is 4.39 Å². The molecule has 1 aromatic rings. The highest BCUT2D eigenvalue weighted by Crippen LogP contribution is 2.15. The third-order valence-electron chi connectivity index (χ3n) is 1.84. The molecule has 0 spiro atoms. The lowest BCUT2D eigenvalue weighted by Crippen LogP contribution is -1.82. The van der Waals surface area contributed by atoms with Gasteiger partial charge >= 0.3 is 0 Å². The Morgan fingerprint density at radius 1 is 1.54 bits per heavy atom. The second-order valence-electron chi connectivity index (χ2n) is 2.88. The van der Waals surface area contributed by atoms with Gasteiger partial charge < -0.3 is 0 Å². The van der Waals surface area contributed by atoms with Crippen molar-refractivity contribution in [3.05, 3.63) is 41.7 Å². The van der Waals surface area contributed by atoms with Gasteiger partial charge in [-0.3, -0.25) is 0 Å². The van der Waals surface area contributed by atoms with Crippen LogP contribution >= 0.6 is 11.6 Å². The first kappa shape index (κ1) is 10.3. The fraction of sp³-hybridized carbons (Fsp3) is 0.273. The molecular weight excluding hydrogens is 187 g/mol. The molecule has 0 bridgehead atoms. The molecule has 70 valence electrons. The van der Waals surface area contributed by atoms with E-state index in [4.69, 9.17) is 11.6 Å². The van der Waals surface area contributed by atoms with Crippen LogP contribution in [0.25, 0.3) is 5.57 Å². The van der Waals surface area contributed by atoms with Crippen LogP contribution in [0.15, 0.2) is 30.3 Å². The van der Waals surface area contributed by atoms with Crippen molar-refractivity contribution in [3.8, 4) is 0 Å². The Hall–Kier alpha value is -0.820. The Balaban J connectivity index is 2.82. The topological polar surface area (TPSA) is 0 Å². The van der Waals surface area contributed by atoms with E-state index in [0.717, 1.165) is 17.6 Å². The van der Waals surface area contributed by atoms with Gasteiger partial charge in [0.05, 0.1) is 0 Å². The van der Waals surface area contributed by atoms with Gasteiger partial charge in [0.2, 0.25) is 0 Å². The molecule has 0 aromatic heterocycles. The fourth-order valence-corrected chi connectivity index (χ4v) is 1.23. The molecule has 2 heteroatoms. The molecule has 0 nitrogen and oxygen atoms in total. The minimum absolute atomic E-state index is 0.198. The van der Waals surface area contributed by atoms with Crippen LogP contribution in [0.4, 0.5) is 4.39 Å². The normalized spacial score (nSPS) is 11.8. The zero-order valence-corrected chi connectivity index (χ0v) is 8.31. The van der Waals surface area contributed by atoms with E-state index in [0.29, 0.717) is 5.88 Å². The fourth-order valence-electron chi connectivity index (χ4n) is 1.12. The number of hydrogen-bond acceptors (Lipinski definition) is 0. The quantitative estimate of drug-likeness (QED) is 0.647. The number of alkyl halides is 1. The molecule has 0 unspecified atom stereocenters. The van der Waals surface area contributed by atoms with Crippen LogP contribution in [0, 0.1) is 5.82 Å². The van der Waals surface area contributed by atoms with Crippen LogP contribution in [0.3, 0.4) is 0 Å². The number of halogens is 2. The first-order chi connectivity index (χ1) is 6.24. The van der Waals surface area contributed by atoms with E-state index >= 15 is 0 Å². The van der Waals surface area contributed by atoms with Gasteiger partial charge in [-0.1, -0.05) is 18.2 Å². The van der Waals surface area contributed by atoms with Crippen molar-refractivity contribution in [2.24, 2.45) is 0 Å². The molecule has 13 heavy (non-hydrogen) atoms. The second-order valence-corrected chi connectivity index (χ2v) is 3.25. The van der Waals surface area contributed by atoms with E-state index in [1.807, 2.05) is 19.1 Å². The third-order valence-corrected chi connectivity index (χ3v) is 2.06. The van der Waals surface area contributed by atoms with Gasteiger partial charge in [0.15, 0.2) is 0 Å². The molecule has 0 aliphatic heterocycles. The van der Waals surface area contributed by atoms with E-state index in [9.17, 15) is 4.39 Å². The summed E-state index contributed by atoms with van der Waals surface area (Å²) in [6.45, 7) is 1.96. The highest BCUT2D eigenvalue weighted by molar-refractivity contribution is 6.17. The summed E-state index contributed by atoms with van der Waals surface area (Å²) < 4.78 is 12.8. The van der Waals surface area contributed by atoms with Crippen LogP contribution in [-0.4, -0.2) is 5.88 Å². The maximum Gasteiger partial charge on any atom is 0.123 e. The van der Waals surface area contributed by atoms with Crippen LogP contribution in [0.1, 0.15) is 18.9 Å². The van der Waals surface area contributed by atoms with Crippen LogP contribution in [0.5, 0.6) is 0 Å². The molecule has 0 N–H and O–H groups in total. The molecule has 0 radical (unpaired) electrons. The Morgan fingerprint density at radius 3 is 2.92 bits per heavy atom. The minimum Gasteiger partial charge on any atom is -0.207 e. The summed E-state index contributed by atoms with van der Waals surface area (Å²) in [6.07, 6.45) is 2.84. The van der Waals surface area contributed by atoms with Gasteiger partial charge in [0.25, 0.3) is 0 Å². The highest BCUT2D eigenvalue weighted by Gasteiger charge is 1.96. The Bertz CT molecular complexity index is 305. The SMILES string of the molecule is CC(=CCCCl)c1cccc(F)c1. The van der Waals surface area contributed by atoms with Crippen molar-refractivity contribution in [2.75, 3.05) is 5.88 Å². The van der Waals surface area contributed by atoms with Gasteiger partial charge in [-0.2, -0.15) is 0 Å². The lowest BCUT2D eigenvalue weighted by Gasteiger charge is -2.00. The van der Waals surface area contributed by atoms with Crippen LogP contribution in [-0.2, 0) is 0 Å². The van der Waals surface area contributed by atoms with E-state index < -0.39 is 0 Å². The summed E-state index contributed by atoms with van der Waals surface area (Å²) in [6, 6.07) is 6.57. The summed E-state index contributed by atoms with van der Waals surface area (Å²) >= 11 is 5.55. The van der Waals surface area contributed by atoms with Crippen molar-refractivity contribution >= 4 is 17.2 Å². The lowest BCUT2D eigenvalue weighted by atomic mass is 10.1. The predicted octanol–water partition coefficient (Wildman–Crippen LogP) is 3.86. The number of rotatable bonds is 3. The molecule has 1 rings (SSSR count). The first-order valence-electron chi connectivity index (χ1n) is 4.22. The standard InChI is InChI=1S/C11H12ClF/c1-9(4-3-7-12)10-5-2-6-11(13)8-10/h2,4-6,8H,3,7H2,1H3. The summed E-state index contributed by atoms with van der Waals surface area (Å²) in [4.78, 5) is 0. The van der Waals surface area contributed by atoms with Gasteiger partial charge in [0.1, 0.15) is 5.82 Å². The molecule has 0 heterocycles. The summed E-state index contributed by atoms with van der Waals surface area (Å²) in [5.41, 5.74) is 1.99. The smallest absolute Gasteiger partial charge is 0.123 e. The zero-order chi connectivity index (χ0) is 9.68. The lowest BCUT2D eigenvalue weighted by molar-refractivity contribution is 0.627. The van der Waals surface area contributed by atoms with Crippen LogP contribution in [0.2, 0.25) is 0 Å². The van der Waals surface area contributed by atoms with E-state index in [1.54, 1.807) is 6.07 Å². The molecule has 0 saturated carbocycles. The average molecular weight is 199 g/mol. The van der Waals surface area contributed by atoms with Crippen molar-refractivity contribution in [2.45, 2.75) is 13.3 Å². The minimum atomic E-state index is -0.198. The van der Waals surface area contributed by atoms with Crippen molar-refractivity contribution in [1.29, 1.82) is 0 Å². The zero-order valence-electron chi connectivity index (χ0n) is 7.56. The van der Waals surface area contributed by atoms with E-state index in [-0.39, 0.29) is 5.82 Å². The van der Waals surface area contributed by atoms with Gasteiger partial charge in [-0.15, -0.1) is 11.6 Å². The molecule has 0 saturated heterocycles. The number of benzene rings is 1. The van der Waals surface area contributed by atoms with Gasteiger partial charge in [-0.05, 0) is 36.6 Å². The van der Waals surface area contributed by atoms with E-state index in [2.05, 4.69) is 0 Å². The summed E-state index contributed by atoms with van der Waals surface area (Å²) in [7, 11) is 0. The predicted molar refractivity (Wildman–Crippen MR) is 55.4 cm³/mol. The van der Waals surface area contributed by atoms with Crippen molar-refractivity contribution in [1.82, 2.24) is 0 Å². The van der Waals surface area contributed by atoms with Crippen molar-refractivity contribution in [3.63, 3.8) is 0 Å². The molecule has 1 aromatic carbocycles. The van der Waals surface area contributed by atoms with E-state index in [1.165, 1.54) is 12.1 Å². The monoisotopic (exact) mass is 198 g/mol. The number of hydrogen-bond donors (Lipinski definition) is 0. The molecular formula is C11H12ClF. The summed E-state index contributed by atoms with van der Waals surface area (Å²) in [5.74, 6) is 0.406. The average Bonchev–Trinajstić information content (AvgIpc) is 2.14. The largest absolute Gasteiger partial charge is 0.207 e. The Kier molecular flexibility index (Phi) is 3.97. The third kappa shape index (κ3) is 3.19. The number of allylic oxidation sites excluding steroid dienone is 2. The maximum atomic E-state index is 12.8. The molecule has 0 aliphatic carbocycles. The Morgan fingerprint density at radius 2 is 2.31 bits per heavy atom. The second kappa shape index (κ2) is 5.03. The molecule has 0 atom stereocenters. The van der Waals surface area contributed by atoms with Gasteiger partial charge in [-0.25, -0.2) is 4.39 Å². The first-order valence-corrected chi connectivity index (χ1v) is 4.76. The molecule has 0 fully saturated rings. The maximum absolute atomic E-state index is 12.8. The Labute approximate surface area is 83.0 Å². The van der Waals surface area contributed by atoms with Crippen LogP contribution < -0.4 is 0 Å². The molecule has 0 amide bonds. The van der Waals surface area contributed by atoms with Gasteiger partial charge in [0, 0.05) is 5.88 Å².